The summed E-state index contributed by atoms with van der Waals surface area (Å²) in [5, 5.41) is 0. The van der Waals surface area contributed by atoms with E-state index in [2.05, 4.69) is 132 Å². The molecule has 0 saturated carbocycles. The van der Waals surface area contributed by atoms with Gasteiger partial charge in [0.1, 0.15) is 0 Å². The van der Waals surface area contributed by atoms with Crippen LogP contribution < -0.4 is 0 Å². The fourth-order valence-electron chi connectivity index (χ4n) is 3.64. The van der Waals surface area contributed by atoms with Crippen LogP contribution in [0.1, 0.15) is 179 Å². The Labute approximate surface area is 269 Å². The molecule has 1 unspecified atom stereocenters. The molecule has 0 fully saturated rings. The van der Waals surface area contributed by atoms with Crippen molar-refractivity contribution in [3.8, 4) is 0 Å². The second-order valence-electron chi connectivity index (χ2n) is 16.1. The van der Waals surface area contributed by atoms with Gasteiger partial charge in [0, 0.05) is 0 Å². The van der Waals surface area contributed by atoms with Gasteiger partial charge >= 0.3 is 0 Å². The largest absolute Gasteiger partial charge is 0.378 e. The van der Waals surface area contributed by atoms with Crippen LogP contribution in [-0.2, 0) is 18.9 Å². The van der Waals surface area contributed by atoms with Crippen molar-refractivity contribution in [3.63, 3.8) is 0 Å². The van der Waals surface area contributed by atoms with Crippen molar-refractivity contribution >= 4 is 0 Å². The SMILES string of the molecule is CC(C)CC(C)(C)C.CC(C)OC(C)C.CC(C)OC(C)C(C)C.CC(C)OCC(C)(C)C.CCC(CC)OC(C)C. The van der Waals surface area contributed by atoms with Crippen LogP contribution in [0, 0.1) is 22.7 Å². The Bertz CT molecular complexity index is 490. The van der Waals surface area contributed by atoms with Gasteiger partial charge in [0.15, 0.2) is 0 Å². The first-order chi connectivity index (χ1) is 18.7. The Morgan fingerprint density at radius 3 is 0.881 bits per heavy atom. The third-order valence-corrected chi connectivity index (χ3v) is 5.22. The maximum atomic E-state index is 5.55. The van der Waals surface area contributed by atoms with Gasteiger partial charge in [0.2, 0.25) is 0 Å². The first-order valence-corrected chi connectivity index (χ1v) is 17.3. The molecule has 4 nitrogen and oxygen atoms in total. The molecule has 0 aromatic carbocycles. The highest BCUT2D eigenvalue weighted by molar-refractivity contribution is 4.62. The number of rotatable bonds is 12. The molecular formula is C38H86O4. The predicted molar refractivity (Wildman–Crippen MR) is 192 cm³/mol. The van der Waals surface area contributed by atoms with E-state index in [0.29, 0.717) is 59.5 Å². The number of hydrogen-bond donors (Lipinski definition) is 0. The summed E-state index contributed by atoms with van der Waals surface area (Å²) in [4.78, 5) is 0. The topological polar surface area (TPSA) is 36.9 Å². The van der Waals surface area contributed by atoms with Gasteiger partial charge in [-0.2, -0.15) is 0 Å². The zero-order chi connectivity index (χ0) is 34.9. The molecule has 4 heteroatoms. The van der Waals surface area contributed by atoms with E-state index in [4.69, 9.17) is 18.9 Å². The Morgan fingerprint density at radius 1 is 0.452 bits per heavy atom. The van der Waals surface area contributed by atoms with Crippen molar-refractivity contribution in [1.29, 1.82) is 0 Å². The molecule has 0 rings (SSSR count). The quantitative estimate of drug-likeness (QED) is 0.221. The van der Waals surface area contributed by atoms with Crippen LogP contribution >= 0.6 is 0 Å². The van der Waals surface area contributed by atoms with Crippen molar-refractivity contribution in [2.24, 2.45) is 22.7 Å². The summed E-state index contributed by atoms with van der Waals surface area (Å²) in [7, 11) is 0. The minimum atomic E-state index is 0.310. The molecule has 0 aliphatic carbocycles. The Morgan fingerprint density at radius 2 is 0.810 bits per heavy atom. The van der Waals surface area contributed by atoms with Gasteiger partial charge in [-0.05, 0) is 118 Å². The summed E-state index contributed by atoms with van der Waals surface area (Å²) in [5.41, 5.74) is 0.832. The van der Waals surface area contributed by atoms with Crippen LogP contribution in [0.2, 0.25) is 0 Å². The normalized spacial score (nSPS) is 12.6. The summed E-state index contributed by atoms with van der Waals surface area (Å²) in [6, 6.07) is 0. The van der Waals surface area contributed by atoms with E-state index in [1.807, 2.05) is 27.7 Å². The van der Waals surface area contributed by atoms with Crippen molar-refractivity contribution < 1.29 is 18.9 Å². The molecular weight excluding hydrogens is 520 g/mol. The lowest BCUT2D eigenvalue weighted by Gasteiger charge is -2.19. The lowest BCUT2D eigenvalue weighted by molar-refractivity contribution is -0.00642. The van der Waals surface area contributed by atoms with Crippen LogP contribution in [0.15, 0.2) is 0 Å². The third-order valence-electron chi connectivity index (χ3n) is 5.22. The molecule has 42 heavy (non-hydrogen) atoms. The van der Waals surface area contributed by atoms with E-state index in [-0.39, 0.29) is 0 Å². The van der Waals surface area contributed by atoms with Gasteiger partial charge in [0.25, 0.3) is 0 Å². The highest BCUT2D eigenvalue weighted by Crippen LogP contribution is 2.23. The monoisotopic (exact) mass is 607 g/mol. The van der Waals surface area contributed by atoms with E-state index in [9.17, 15) is 0 Å². The molecule has 0 aliphatic heterocycles. The van der Waals surface area contributed by atoms with E-state index >= 15 is 0 Å². The summed E-state index contributed by atoms with van der Waals surface area (Å²) in [6.45, 7) is 50.2. The van der Waals surface area contributed by atoms with E-state index in [1.165, 1.54) is 6.42 Å². The molecule has 0 bridgehead atoms. The molecule has 262 valence electrons. The van der Waals surface area contributed by atoms with Crippen molar-refractivity contribution in [1.82, 2.24) is 0 Å². The molecule has 0 aliphatic rings. The molecule has 0 saturated heterocycles. The van der Waals surface area contributed by atoms with Gasteiger partial charge in [-0.3, -0.25) is 0 Å². The molecule has 0 N–H and O–H groups in total. The molecule has 1 atom stereocenters. The maximum Gasteiger partial charge on any atom is 0.0573 e. The van der Waals surface area contributed by atoms with Crippen LogP contribution in [0.3, 0.4) is 0 Å². The Hall–Kier alpha value is -0.160. The number of ether oxygens (including phenoxy) is 4. The average Bonchev–Trinajstić information content (AvgIpc) is 2.74. The summed E-state index contributed by atoms with van der Waals surface area (Å²) in [6.07, 6.45) is 6.33. The fraction of sp³-hybridized carbons (Fsp3) is 1.00. The van der Waals surface area contributed by atoms with Crippen LogP contribution in [0.5, 0.6) is 0 Å². The van der Waals surface area contributed by atoms with Crippen molar-refractivity contribution in [2.45, 2.75) is 221 Å². The van der Waals surface area contributed by atoms with Gasteiger partial charge in [-0.1, -0.05) is 83.1 Å². The van der Waals surface area contributed by atoms with E-state index in [1.54, 1.807) is 0 Å². The first kappa shape index (κ1) is 51.4. The summed E-state index contributed by atoms with van der Waals surface area (Å²) < 4.78 is 21.7. The summed E-state index contributed by atoms with van der Waals surface area (Å²) in [5.74, 6) is 1.47. The van der Waals surface area contributed by atoms with E-state index < -0.39 is 0 Å². The zero-order valence-electron chi connectivity index (χ0n) is 33.7. The molecule has 0 aromatic heterocycles. The molecule has 0 radical (unpaired) electrons. The van der Waals surface area contributed by atoms with Gasteiger partial charge < -0.3 is 18.9 Å². The zero-order valence-corrected chi connectivity index (χ0v) is 33.7. The molecule has 0 aromatic rings. The molecule has 0 spiro atoms. The van der Waals surface area contributed by atoms with Crippen LogP contribution in [0.25, 0.3) is 0 Å². The Balaban J connectivity index is -0.000000136. The van der Waals surface area contributed by atoms with Crippen LogP contribution in [0.4, 0.5) is 0 Å². The highest BCUT2D eigenvalue weighted by atomic mass is 16.5. The smallest absolute Gasteiger partial charge is 0.0573 e. The maximum absolute atomic E-state index is 5.55. The lowest BCUT2D eigenvalue weighted by Crippen LogP contribution is -2.19. The minimum Gasteiger partial charge on any atom is -0.378 e. The standard InChI is InChI=1S/3C8H18O.C8H18.C6H14O/c1-7(2)9-6-8(3,4)5;1-6(2)8(5)9-7(3)4;1-5-8(6-2)9-7(3)4;1-7(2)6-8(3,4)5;1-5(2)7-6(3)4/h7H,6H2,1-5H3;6-8H,1-5H3;7-8H,5-6H2,1-4H3;7H,6H2,1-5H3;5-6H,1-4H3. The second kappa shape index (κ2) is 29.5. The number of hydrogen-bond acceptors (Lipinski definition) is 4. The van der Waals surface area contributed by atoms with E-state index in [0.717, 1.165) is 25.4 Å². The van der Waals surface area contributed by atoms with Crippen LogP contribution in [-0.4, -0.2) is 49.3 Å². The minimum absolute atomic E-state index is 0.310. The van der Waals surface area contributed by atoms with Gasteiger partial charge in [-0.15, -0.1) is 0 Å². The second-order valence-corrected chi connectivity index (χ2v) is 16.1. The van der Waals surface area contributed by atoms with Gasteiger partial charge in [-0.25, -0.2) is 0 Å². The molecule has 0 amide bonds. The highest BCUT2D eigenvalue weighted by Gasteiger charge is 2.11. The van der Waals surface area contributed by atoms with Crippen molar-refractivity contribution in [2.75, 3.05) is 6.61 Å². The average molecular weight is 607 g/mol. The fourth-order valence-corrected chi connectivity index (χ4v) is 3.64. The molecule has 0 heterocycles. The third kappa shape index (κ3) is 63.2. The predicted octanol–water partition coefficient (Wildman–Crippen LogP) is 12.4. The van der Waals surface area contributed by atoms with Crippen molar-refractivity contribution in [3.05, 3.63) is 0 Å². The van der Waals surface area contributed by atoms with Gasteiger partial charge in [0.05, 0.1) is 49.3 Å². The first-order valence-electron chi connectivity index (χ1n) is 17.3. The lowest BCUT2D eigenvalue weighted by atomic mass is 9.86. The Kier molecular flexibility index (Phi) is 36.2. The summed E-state index contributed by atoms with van der Waals surface area (Å²) >= 11 is 0.